The van der Waals surface area contributed by atoms with Gasteiger partial charge in [-0.15, -0.1) is 12.4 Å². The Hall–Kier alpha value is -0.320. The largest absolute Gasteiger partial charge is 0.352 e. The van der Waals surface area contributed by atoms with Crippen molar-refractivity contribution in [2.45, 2.75) is 64.5 Å². The molecular weight excluding hydrogens is 286 g/mol. The Labute approximate surface area is 135 Å². The van der Waals surface area contributed by atoms with E-state index in [1.165, 1.54) is 25.7 Å². The van der Waals surface area contributed by atoms with E-state index < -0.39 is 0 Å². The van der Waals surface area contributed by atoms with Crippen LogP contribution in [0.4, 0.5) is 0 Å². The summed E-state index contributed by atoms with van der Waals surface area (Å²) in [7, 11) is 0. The van der Waals surface area contributed by atoms with Crippen molar-refractivity contribution in [3.8, 4) is 0 Å². The quantitative estimate of drug-likeness (QED) is 0.835. The summed E-state index contributed by atoms with van der Waals surface area (Å²) < 4.78 is 0. The molecule has 1 saturated heterocycles. The Morgan fingerprint density at radius 1 is 1.19 bits per heavy atom. The van der Waals surface area contributed by atoms with Crippen molar-refractivity contribution < 1.29 is 4.79 Å². The van der Waals surface area contributed by atoms with Gasteiger partial charge in [0.15, 0.2) is 0 Å². The van der Waals surface area contributed by atoms with Crippen LogP contribution in [0.1, 0.15) is 52.4 Å². The number of amides is 1. The van der Waals surface area contributed by atoms with Gasteiger partial charge in [0.1, 0.15) is 0 Å². The summed E-state index contributed by atoms with van der Waals surface area (Å²) in [6.45, 7) is 6.80. The molecule has 2 rings (SSSR count). The van der Waals surface area contributed by atoms with E-state index in [0.29, 0.717) is 31.1 Å². The lowest BCUT2D eigenvalue weighted by molar-refractivity contribution is -0.124. The number of hydrogen-bond acceptors (Lipinski definition) is 3. The van der Waals surface area contributed by atoms with E-state index in [-0.39, 0.29) is 18.3 Å². The maximum Gasteiger partial charge on any atom is 0.234 e. The maximum absolute atomic E-state index is 12.3. The van der Waals surface area contributed by atoms with Gasteiger partial charge < -0.3 is 11.1 Å². The lowest BCUT2D eigenvalue weighted by atomic mass is 9.78. The van der Waals surface area contributed by atoms with E-state index in [2.05, 4.69) is 24.1 Å². The van der Waals surface area contributed by atoms with Crippen molar-refractivity contribution in [1.82, 2.24) is 10.2 Å². The fourth-order valence-electron chi connectivity index (χ4n) is 3.76. The number of nitrogens with zero attached hydrogens (tertiary/aromatic N) is 1. The second kappa shape index (κ2) is 8.96. The van der Waals surface area contributed by atoms with E-state index in [9.17, 15) is 4.79 Å². The second-order valence-corrected chi connectivity index (χ2v) is 6.80. The third-order valence-corrected chi connectivity index (χ3v) is 5.42. The first-order valence-electron chi connectivity index (χ1n) is 8.35. The molecule has 124 valence electrons. The maximum atomic E-state index is 12.3. The average Bonchev–Trinajstić information content (AvgIpc) is 2.44. The zero-order valence-corrected chi connectivity index (χ0v) is 14.3. The van der Waals surface area contributed by atoms with Crippen LogP contribution < -0.4 is 11.1 Å². The van der Waals surface area contributed by atoms with Crippen LogP contribution in [0, 0.1) is 11.8 Å². The number of piperidine rings is 1. The van der Waals surface area contributed by atoms with Crippen molar-refractivity contribution in [3.05, 3.63) is 0 Å². The predicted molar refractivity (Wildman–Crippen MR) is 89.6 cm³/mol. The standard InChI is InChI=1S/C16H31N3O.ClH/c1-12-6-5-8-15(13(12)2)18-16(20)11-19-9-4-3-7-14(19)10-17;/h12-15H,3-11,17H2,1-2H3,(H,18,20);1H. The molecule has 2 aliphatic rings. The average molecular weight is 318 g/mol. The molecule has 0 spiro atoms. The Kier molecular flexibility index (Phi) is 7.99. The normalized spacial score (nSPS) is 34.0. The minimum absolute atomic E-state index is 0. The summed E-state index contributed by atoms with van der Waals surface area (Å²) in [6, 6.07) is 0.768. The van der Waals surface area contributed by atoms with Crippen LogP contribution in [-0.4, -0.2) is 42.5 Å². The number of nitrogens with two attached hydrogens (primary N) is 1. The van der Waals surface area contributed by atoms with Crippen molar-refractivity contribution in [2.24, 2.45) is 17.6 Å². The molecule has 4 atom stereocenters. The third kappa shape index (κ3) is 5.11. The van der Waals surface area contributed by atoms with Crippen molar-refractivity contribution in [3.63, 3.8) is 0 Å². The number of halogens is 1. The lowest BCUT2D eigenvalue weighted by Crippen LogP contribution is -2.51. The molecule has 1 aliphatic heterocycles. The van der Waals surface area contributed by atoms with Crippen LogP contribution in [0.2, 0.25) is 0 Å². The predicted octanol–water partition coefficient (Wildman–Crippen LogP) is 2.16. The molecule has 4 unspecified atom stereocenters. The molecule has 21 heavy (non-hydrogen) atoms. The van der Waals surface area contributed by atoms with Crippen LogP contribution >= 0.6 is 12.4 Å². The number of carbonyl (C=O) groups is 1. The number of rotatable bonds is 4. The highest BCUT2D eigenvalue weighted by Crippen LogP contribution is 2.29. The van der Waals surface area contributed by atoms with Gasteiger partial charge in [-0.05, 0) is 37.6 Å². The first kappa shape index (κ1) is 18.7. The van der Waals surface area contributed by atoms with Crippen LogP contribution in [-0.2, 0) is 4.79 Å². The molecule has 0 bridgehead atoms. The molecule has 2 fully saturated rings. The Balaban J connectivity index is 0.00000220. The molecule has 0 radical (unpaired) electrons. The zero-order chi connectivity index (χ0) is 14.5. The SMILES string of the molecule is CC1CCCC(NC(=O)CN2CCCCC2CN)C1C.Cl. The zero-order valence-electron chi connectivity index (χ0n) is 13.5. The van der Waals surface area contributed by atoms with E-state index in [4.69, 9.17) is 5.73 Å². The Bertz CT molecular complexity index is 315. The summed E-state index contributed by atoms with van der Waals surface area (Å²) in [5, 5.41) is 3.27. The number of hydrogen-bond donors (Lipinski definition) is 2. The van der Waals surface area contributed by atoms with Crippen LogP contribution in [0.3, 0.4) is 0 Å². The molecular formula is C16H32ClN3O. The van der Waals surface area contributed by atoms with Gasteiger partial charge in [0.2, 0.25) is 5.91 Å². The van der Waals surface area contributed by atoms with Crippen LogP contribution in [0.25, 0.3) is 0 Å². The molecule has 0 aromatic rings. The summed E-state index contributed by atoms with van der Waals surface area (Å²) in [4.78, 5) is 14.6. The van der Waals surface area contributed by atoms with Gasteiger partial charge in [0.05, 0.1) is 6.54 Å². The Morgan fingerprint density at radius 3 is 2.67 bits per heavy atom. The van der Waals surface area contributed by atoms with Crippen LogP contribution in [0.15, 0.2) is 0 Å². The molecule has 1 amide bonds. The van der Waals surface area contributed by atoms with E-state index >= 15 is 0 Å². The first-order valence-corrected chi connectivity index (χ1v) is 8.35. The van der Waals surface area contributed by atoms with Crippen molar-refractivity contribution >= 4 is 18.3 Å². The van der Waals surface area contributed by atoms with Crippen LogP contribution in [0.5, 0.6) is 0 Å². The van der Waals surface area contributed by atoms with Gasteiger partial charge in [-0.1, -0.05) is 33.1 Å². The molecule has 4 nitrogen and oxygen atoms in total. The van der Waals surface area contributed by atoms with Crippen molar-refractivity contribution in [2.75, 3.05) is 19.6 Å². The fraction of sp³-hybridized carbons (Fsp3) is 0.938. The fourth-order valence-corrected chi connectivity index (χ4v) is 3.76. The van der Waals surface area contributed by atoms with Gasteiger partial charge >= 0.3 is 0 Å². The summed E-state index contributed by atoms with van der Waals surface area (Å²) in [5.74, 6) is 1.51. The molecule has 5 heteroatoms. The molecule has 1 saturated carbocycles. The third-order valence-electron chi connectivity index (χ3n) is 5.42. The number of carbonyl (C=O) groups excluding carboxylic acids is 1. The van der Waals surface area contributed by atoms with Gasteiger partial charge in [-0.3, -0.25) is 9.69 Å². The summed E-state index contributed by atoms with van der Waals surface area (Å²) in [5.41, 5.74) is 5.82. The van der Waals surface area contributed by atoms with Gasteiger partial charge in [0.25, 0.3) is 0 Å². The van der Waals surface area contributed by atoms with E-state index in [1.54, 1.807) is 0 Å². The van der Waals surface area contributed by atoms with Gasteiger partial charge in [0, 0.05) is 18.6 Å². The first-order chi connectivity index (χ1) is 9.61. The second-order valence-electron chi connectivity index (χ2n) is 6.80. The highest BCUT2D eigenvalue weighted by Gasteiger charge is 2.29. The van der Waals surface area contributed by atoms with E-state index in [1.807, 2.05) is 0 Å². The van der Waals surface area contributed by atoms with Gasteiger partial charge in [-0.25, -0.2) is 0 Å². The smallest absolute Gasteiger partial charge is 0.234 e. The summed E-state index contributed by atoms with van der Waals surface area (Å²) in [6.07, 6.45) is 7.26. The molecule has 3 N–H and O–H groups in total. The topological polar surface area (TPSA) is 58.4 Å². The molecule has 0 aromatic carbocycles. The molecule has 0 aromatic heterocycles. The number of likely N-dealkylation sites (tertiary alicyclic amines) is 1. The number of nitrogens with one attached hydrogen (secondary N) is 1. The van der Waals surface area contributed by atoms with Crippen molar-refractivity contribution in [1.29, 1.82) is 0 Å². The minimum atomic E-state index is 0. The monoisotopic (exact) mass is 317 g/mol. The minimum Gasteiger partial charge on any atom is -0.352 e. The highest BCUT2D eigenvalue weighted by molar-refractivity contribution is 5.85. The Morgan fingerprint density at radius 2 is 1.95 bits per heavy atom. The molecule has 1 aliphatic carbocycles. The van der Waals surface area contributed by atoms with Gasteiger partial charge in [-0.2, -0.15) is 0 Å². The molecule has 1 heterocycles. The van der Waals surface area contributed by atoms with E-state index in [0.717, 1.165) is 25.3 Å². The lowest BCUT2D eigenvalue weighted by Gasteiger charge is -2.37. The summed E-state index contributed by atoms with van der Waals surface area (Å²) >= 11 is 0. The highest BCUT2D eigenvalue weighted by atomic mass is 35.5.